The maximum absolute atomic E-state index is 13.1. The molecule has 0 radical (unpaired) electrons. The number of methoxy groups -OCH3 is 1. The molecule has 37 heavy (non-hydrogen) atoms. The maximum atomic E-state index is 13.1. The van der Waals surface area contributed by atoms with Crippen LogP contribution >= 0.6 is 0 Å². The van der Waals surface area contributed by atoms with Gasteiger partial charge in [0.05, 0.1) is 12.7 Å². The van der Waals surface area contributed by atoms with Crippen molar-refractivity contribution in [2.45, 2.75) is 82.1 Å². The van der Waals surface area contributed by atoms with Gasteiger partial charge in [0.2, 0.25) is 0 Å². The number of carbonyl (C=O) groups excluding carboxylic acids is 1. The van der Waals surface area contributed by atoms with Gasteiger partial charge in [-0.25, -0.2) is 4.79 Å². The van der Waals surface area contributed by atoms with Crippen LogP contribution in [0.25, 0.3) is 0 Å². The highest BCUT2D eigenvalue weighted by Gasteiger charge is 2.32. The molecule has 7 nitrogen and oxygen atoms in total. The Labute approximate surface area is 216 Å². The van der Waals surface area contributed by atoms with E-state index in [1.165, 1.54) is 25.7 Å². The first-order valence-corrected chi connectivity index (χ1v) is 13.7. The zero-order chi connectivity index (χ0) is 27.2. The van der Waals surface area contributed by atoms with Crippen LogP contribution in [0, 0.1) is 0 Å². The fourth-order valence-electron chi connectivity index (χ4n) is 4.23. The first kappa shape index (κ1) is 28.6. The molecular weight excluding hydrogens is 509 g/mol. The molecule has 2 amide bonds. The lowest BCUT2D eigenvalue weighted by Crippen LogP contribution is -2.48. The fourth-order valence-corrected chi connectivity index (χ4v) is 5.21. The van der Waals surface area contributed by atoms with Gasteiger partial charge in [0.15, 0.2) is 11.5 Å². The van der Waals surface area contributed by atoms with E-state index in [0.29, 0.717) is 18.1 Å². The van der Waals surface area contributed by atoms with E-state index >= 15 is 0 Å². The number of nitrogens with one attached hydrogen (secondary N) is 1. The molecule has 0 spiro atoms. The maximum Gasteiger partial charge on any atom is 0.416 e. The van der Waals surface area contributed by atoms with Gasteiger partial charge in [-0.3, -0.25) is 0 Å². The molecule has 11 heteroatoms. The summed E-state index contributed by atoms with van der Waals surface area (Å²) < 4.78 is 75.4. The van der Waals surface area contributed by atoms with E-state index in [-0.39, 0.29) is 36.2 Å². The first-order valence-electron chi connectivity index (χ1n) is 12.3. The molecule has 0 saturated heterocycles. The minimum absolute atomic E-state index is 0.0843. The third kappa shape index (κ3) is 7.53. The number of amides is 2. The van der Waals surface area contributed by atoms with Crippen molar-refractivity contribution in [3.05, 3.63) is 53.6 Å². The molecule has 0 heterocycles. The number of nitrogens with zero attached hydrogens (tertiary/aromatic N) is 1. The molecule has 1 aliphatic rings. The smallest absolute Gasteiger partial charge is 0.416 e. The van der Waals surface area contributed by atoms with Crippen molar-refractivity contribution >= 4 is 16.1 Å². The van der Waals surface area contributed by atoms with Crippen LogP contribution in [0.5, 0.6) is 11.5 Å². The summed E-state index contributed by atoms with van der Waals surface area (Å²) in [6.45, 7) is 4.08. The molecule has 0 aromatic heterocycles. The summed E-state index contributed by atoms with van der Waals surface area (Å²) in [5.41, 5.74) is -0.528. The molecule has 0 bridgehead atoms. The number of benzene rings is 2. The molecule has 2 aromatic carbocycles. The second-order valence-corrected chi connectivity index (χ2v) is 10.8. The number of ether oxygens (including phenoxy) is 1. The van der Waals surface area contributed by atoms with Gasteiger partial charge in [-0.05, 0) is 62.1 Å². The average molecular weight is 543 g/mol. The molecule has 1 fully saturated rings. The number of alkyl halides is 3. The van der Waals surface area contributed by atoms with Crippen LogP contribution in [0.4, 0.5) is 18.0 Å². The molecule has 1 saturated carbocycles. The fraction of sp³-hybridized carbons (Fsp3) is 0.500. The Morgan fingerprint density at radius 2 is 1.81 bits per heavy atom. The molecule has 1 atom stereocenters. The predicted octanol–water partition coefficient (Wildman–Crippen LogP) is 6.12. The van der Waals surface area contributed by atoms with Gasteiger partial charge in [-0.1, -0.05) is 38.3 Å². The third-order valence-corrected chi connectivity index (χ3v) is 7.78. The van der Waals surface area contributed by atoms with Gasteiger partial charge in [0, 0.05) is 18.6 Å². The number of urea groups is 1. The Hall–Kier alpha value is -2.95. The summed E-state index contributed by atoms with van der Waals surface area (Å²) in [7, 11) is -3.28. The molecule has 1 aliphatic carbocycles. The topological polar surface area (TPSA) is 84.9 Å². The quantitative estimate of drug-likeness (QED) is 0.386. The van der Waals surface area contributed by atoms with Crippen molar-refractivity contribution in [3.63, 3.8) is 0 Å². The van der Waals surface area contributed by atoms with Gasteiger partial charge in [0.25, 0.3) is 0 Å². The standard InChI is InChI=1S/C26H33F3N2O5S/c1-4-18(2)31(25(32)30-21-10-6-5-7-11-21)17-19-13-14-23(35-3)24(15-19)36-37(33,34)22-12-8-9-20(16-22)26(27,28)29/h8-9,12-16,18,21H,4-7,10-11,17H2,1-3H3,(H,30,32). The Balaban J connectivity index is 1.85. The van der Waals surface area contributed by atoms with Crippen LogP contribution in [0.2, 0.25) is 0 Å². The van der Waals surface area contributed by atoms with Crippen molar-refractivity contribution in [2.75, 3.05) is 7.11 Å². The van der Waals surface area contributed by atoms with Gasteiger partial charge < -0.3 is 19.1 Å². The van der Waals surface area contributed by atoms with Gasteiger partial charge in [-0.2, -0.15) is 21.6 Å². The minimum Gasteiger partial charge on any atom is -0.493 e. The first-order chi connectivity index (χ1) is 17.4. The van der Waals surface area contributed by atoms with E-state index in [0.717, 1.165) is 43.9 Å². The lowest BCUT2D eigenvalue weighted by molar-refractivity contribution is -0.137. The lowest BCUT2D eigenvalue weighted by atomic mass is 9.96. The van der Waals surface area contributed by atoms with E-state index in [9.17, 15) is 26.4 Å². The largest absolute Gasteiger partial charge is 0.493 e. The summed E-state index contributed by atoms with van der Waals surface area (Å²) in [6, 6.07) is 7.77. The summed E-state index contributed by atoms with van der Waals surface area (Å²) in [5.74, 6) is -0.102. The van der Waals surface area contributed by atoms with E-state index in [1.807, 2.05) is 13.8 Å². The molecular formula is C26H33F3N2O5S. The monoisotopic (exact) mass is 542 g/mol. The summed E-state index contributed by atoms with van der Waals surface area (Å²) in [5, 5.41) is 3.11. The van der Waals surface area contributed by atoms with Crippen LogP contribution in [0.1, 0.15) is 63.5 Å². The summed E-state index contributed by atoms with van der Waals surface area (Å²) in [4.78, 5) is 14.2. The van der Waals surface area contributed by atoms with Crippen LogP contribution in [-0.4, -0.2) is 38.5 Å². The number of hydrogen-bond donors (Lipinski definition) is 1. The Bertz CT molecular complexity index is 1180. The Morgan fingerprint density at radius 1 is 1.11 bits per heavy atom. The summed E-state index contributed by atoms with van der Waals surface area (Å²) in [6.07, 6.45) is 1.20. The number of rotatable bonds is 9. The highest BCUT2D eigenvalue weighted by atomic mass is 32.2. The second kappa shape index (κ2) is 12.1. The predicted molar refractivity (Wildman–Crippen MR) is 133 cm³/mol. The summed E-state index contributed by atoms with van der Waals surface area (Å²) >= 11 is 0. The van der Waals surface area contributed by atoms with Crippen molar-refractivity contribution < 1.29 is 35.3 Å². The van der Waals surface area contributed by atoms with Crippen LogP contribution in [0.3, 0.4) is 0 Å². The second-order valence-electron chi connectivity index (χ2n) is 9.22. The van der Waals surface area contributed by atoms with E-state index in [2.05, 4.69) is 5.32 Å². The van der Waals surface area contributed by atoms with Crippen LogP contribution < -0.4 is 14.2 Å². The molecule has 2 aromatic rings. The SMILES string of the molecule is CCC(C)N(Cc1ccc(OC)c(OS(=O)(=O)c2cccc(C(F)(F)F)c2)c1)C(=O)NC1CCCCC1. The molecule has 204 valence electrons. The highest BCUT2D eigenvalue weighted by Crippen LogP contribution is 2.34. The number of hydrogen-bond acceptors (Lipinski definition) is 5. The van der Waals surface area contributed by atoms with Crippen molar-refractivity contribution in [3.8, 4) is 11.5 Å². The minimum atomic E-state index is -4.71. The van der Waals surface area contributed by atoms with Gasteiger partial charge in [-0.15, -0.1) is 0 Å². The van der Waals surface area contributed by atoms with Crippen molar-refractivity contribution in [2.24, 2.45) is 0 Å². The van der Waals surface area contributed by atoms with Crippen LogP contribution in [0.15, 0.2) is 47.4 Å². The number of carbonyl (C=O) groups is 1. The van der Waals surface area contributed by atoms with Crippen molar-refractivity contribution in [1.82, 2.24) is 10.2 Å². The molecule has 3 rings (SSSR count). The normalized spacial score (nSPS) is 15.6. The zero-order valence-corrected chi connectivity index (χ0v) is 22.0. The molecule has 0 aliphatic heterocycles. The van der Waals surface area contributed by atoms with E-state index in [4.69, 9.17) is 8.92 Å². The molecule has 1 unspecified atom stereocenters. The van der Waals surface area contributed by atoms with Crippen molar-refractivity contribution in [1.29, 1.82) is 0 Å². The van der Waals surface area contributed by atoms with Gasteiger partial charge >= 0.3 is 22.3 Å². The van der Waals surface area contributed by atoms with Gasteiger partial charge in [0.1, 0.15) is 4.90 Å². The third-order valence-electron chi connectivity index (χ3n) is 6.55. The van der Waals surface area contributed by atoms with Crippen LogP contribution in [-0.2, 0) is 22.8 Å². The van der Waals surface area contributed by atoms with E-state index < -0.39 is 26.8 Å². The Kier molecular flexibility index (Phi) is 9.33. The number of halogens is 3. The Morgan fingerprint density at radius 3 is 2.43 bits per heavy atom. The zero-order valence-electron chi connectivity index (χ0n) is 21.2. The lowest BCUT2D eigenvalue weighted by Gasteiger charge is -2.32. The highest BCUT2D eigenvalue weighted by molar-refractivity contribution is 7.87. The average Bonchev–Trinajstić information content (AvgIpc) is 2.87. The molecule has 1 N–H and O–H groups in total. The van der Waals surface area contributed by atoms with E-state index in [1.54, 1.807) is 11.0 Å².